The lowest BCUT2D eigenvalue weighted by molar-refractivity contribution is -0.139. The molecule has 3 rings (SSSR count). The van der Waals surface area contributed by atoms with Crippen molar-refractivity contribution in [1.29, 1.82) is 0 Å². The largest absolute Gasteiger partial charge is 0.481 e. The lowest BCUT2D eigenvalue weighted by Crippen LogP contribution is -2.29. The summed E-state index contributed by atoms with van der Waals surface area (Å²) in [5.41, 5.74) is 0.629. The Morgan fingerprint density at radius 1 is 1.36 bits per heavy atom. The van der Waals surface area contributed by atoms with Crippen LogP contribution in [0.1, 0.15) is 23.9 Å². The number of para-hydroxylation sites is 1. The normalized spacial score (nSPS) is 16.9. The highest BCUT2D eigenvalue weighted by molar-refractivity contribution is 8.18. The number of hydrogen-bond acceptors (Lipinski definition) is 8. The summed E-state index contributed by atoms with van der Waals surface area (Å²) in [4.78, 5) is 30.2. The maximum Gasteiger partial charge on any atom is 0.341 e. The maximum atomic E-state index is 12.9. The number of rotatable bonds is 7. The van der Waals surface area contributed by atoms with Crippen LogP contribution in [0.5, 0.6) is 5.75 Å². The van der Waals surface area contributed by atoms with Gasteiger partial charge in [0.15, 0.2) is 11.8 Å². The summed E-state index contributed by atoms with van der Waals surface area (Å²) in [6, 6.07) is 6.98. The number of aromatic nitrogens is 2. The highest BCUT2D eigenvalue weighted by atomic mass is 32.2. The second kappa shape index (κ2) is 8.98. The molecular weight excluding hydrogens is 400 g/mol. The number of carbonyl (C=O) groups is 2. The minimum Gasteiger partial charge on any atom is -0.481 e. The quantitative estimate of drug-likeness (QED) is 0.688. The fraction of sp³-hybridized carbons (Fsp3) is 0.278. The zero-order chi connectivity index (χ0) is 20.1. The number of carboxylic acids is 1. The van der Waals surface area contributed by atoms with E-state index >= 15 is 0 Å². The van der Waals surface area contributed by atoms with Gasteiger partial charge in [0.1, 0.15) is 10.8 Å². The van der Waals surface area contributed by atoms with Gasteiger partial charge in [-0.1, -0.05) is 36.5 Å². The summed E-state index contributed by atoms with van der Waals surface area (Å²) in [7, 11) is 0. The van der Waals surface area contributed by atoms with Gasteiger partial charge in [0.25, 0.3) is 5.91 Å². The van der Waals surface area contributed by atoms with Gasteiger partial charge in [-0.15, -0.1) is 10.2 Å². The Kier molecular flexibility index (Phi) is 6.42. The molecule has 1 fully saturated rings. The van der Waals surface area contributed by atoms with Gasteiger partial charge in [0.2, 0.25) is 5.13 Å². The van der Waals surface area contributed by atoms with Gasteiger partial charge in [-0.05, 0) is 37.2 Å². The van der Waals surface area contributed by atoms with Crippen molar-refractivity contribution in [3.8, 4) is 5.75 Å². The van der Waals surface area contributed by atoms with Crippen molar-refractivity contribution in [2.24, 2.45) is 4.99 Å². The lowest BCUT2D eigenvalue weighted by atomic mass is 10.2. The number of carboxylic acid groups (broad SMARTS) is 1. The van der Waals surface area contributed by atoms with E-state index < -0.39 is 12.6 Å². The van der Waals surface area contributed by atoms with Crippen molar-refractivity contribution in [1.82, 2.24) is 15.1 Å². The molecule has 146 valence electrons. The molecule has 1 aliphatic rings. The number of aliphatic imine (C=N–C) groups is 1. The SMILES string of the molecule is CCCN1C(=O)/C(=C\c2ccccc2OCC(=O)O)S/C1=N/c1nnc(C)s1. The molecule has 1 saturated heterocycles. The molecule has 10 heteroatoms. The number of benzene rings is 1. The van der Waals surface area contributed by atoms with E-state index in [1.807, 2.05) is 13.8 Å². The maximum absolute atomic E-state index is 12.9. The van der Waals surface area contributed by atoms with Crippen molar-refractivity contribution >= 4 is 51.4 Å². The Balaban J connectivity index is 1.91. The second-order valence-electron chi connectivity index (χ2n) is 5.79. The van der Waals surface area contributed by atoms with Crippen LogP contribution >= 0.6 is 23.1 Å². The number of aliphatic carboxylic acids is 1. The predicted octanol–water partition coefficient (Wildman–Crippen LogP) is 3.32. The summed E-state index contributed by atoms with van der Waals surface area (Å²) >= 11 is 2.61. The van der Waals surface area contributed by atoms with Crippen LogP contribution in [0, 0.1) is 6.92 Å². The molecule has 0 spiro atoms. The Hall–Kier alpha value is -2.72. The van der Waals surface area contributed by atoms with Crippen LogP contribution in [0.4, 0.5) is 5.13 Å². The van der Waals surface area contributed by atoms with Gasteiger partial charge < -0.3 is 9.84 Å². The molecule has 2 aromatic rings. The number of amidine groups is 1. The molecule has 8 nitrogen and oxygen atoms in total. The van der Waals surface area contributed by atoms with Gasteiger partial charge in [-0.25, -0.2) is 4.79 Å². The van der Waals surface area contributed by atoms with Crippen molar-refractivity contribution in [2.45, 2.75) is 20.3 Å². The number of carbonyl (C=O) groups excluding carboxylic acids is 1. The van der Waals surface area contributed by atoms with Crippen LogP contribution in [-0.2, 0) is 9.59 Å². The molecule has 1 N–H and O–H groups in total. The average Bonchev–Trinajstić information content (AvgIpc) is 3.19. The van der Waals surface area contributed by atoms with Crippen molar-refractivity contribution in [3.63, 3.8) is 0 Å². The number of nitrogens with zero attached hydrogens (tertiary/aromatic N) is 4. The van der Waals surface area contributed by atoms with Crippen LogP contribution in [0.3, 0.4) is 0 Å². The van der Waals surface area contributed by atoms with E-state index in [9.17, 15) is 9.59 Å². The summed E-state index contributed by atoms with van der Waals surface area (Å²) < 4.78 is 5.32. The molecule has 28 heavy (non-hydrogen) atoms. The lowest BCUT2D eigenvalue weighted by Gasteiger charge is -2.13. The van der Waals surface area contributed by atoms with Gasteiger partial charge in [0, 0.05) is 12.1 Å². The highest BCUT2D eigenvalue weighted by Crippen LogP contribution is 2.36. The molecule has 1 aromatic carbocycles. The summed E-state index contributed by atoms with van der Waals surface area (Å²) in [6.07, 6.45) is 2.48. The molecule has 1 aliphatic heterocycles. The molecule has 0 saturated carbocycles. The molecule has 0 aliphatic carbocycles. The third-order valence-corrected chi connectivity index (χ3v) is 5.34. The van der Waals surface area contributed by atoms with Gasteiger partial charge in [-0.3, -0.25) is 9.69 Å². The van der Waals surface area contributed by atoms with E-state index in [1.54, 1.807) is 35.2 Å². The number of ether oxygens (including phenoxy) is 1. The molecule has 0 atom stereocenters. The van der Waals surface area contributed by atoms with E-state index in [0.29, 0.717) is 33.1 Å². The summed E-state index contributed by atoms with van der Waals surface area (Å²) in [5, 5.41) is 18.6. The number of amides is 1. The third-order valence-electron chi connectivity index (χ3n) is 3.60. The minimum absolute atomic E-state index is 0.153. The molecular formula is C18H18N4O4S2. The van der Waals surface area contributed by atoms with Crippen molar-refractivity contribution in [2.75, 3.05) is 13.2 Å². The minimum atomic E-state index is -1.07. The Morgan fingerprint density at radius 3 is 2.82 bits per heavy atom. The number of hydrogen-bond donors (Lipinski definition) is 1. The van der Waals surface area contributed by atoms with Crippen LogP contribution in [0.2, 0.25) is 0 Å². The van der Waals surface area contributed by atoms with Crippen LogP contribution in [0.25, 0.3) is 6.08 Å². The van der Waals surface area contributed by atoms with Crippen LogP contribution in [0.15, 0.2) is 34.2 Å². The van der Waals surface area contributed by atoms with Crippen molar-refractivity contribution < 1.29 is 19.4 Å². The molecule has 1 amide bonds. The van der Waals surface area contributed by atoms with E-state index in [2.05, 4.69) is 15.2 Å². The fourth-order valence-corrected chi connectivity index (χ4v) is 4.05. The second-order valence-corrected chi connectivity index (χ2v) is 7.95. The number of aryl methyl sites for hydroxylation is 1. The summed E-state index contributed by atoms with van der Waals surface area (Å²) in [6.45, 7) is 3.92. The van der Waals surface area contributed by atoms with Gasteiger partial charge >= 0.3 is 5.97 Å². The standard InChI is InChI=1S/C18H18N4O4S2/c1-3-8-22-16(25)14(28-18(22)19-17-21-20-11(2)27-17)9-12-6-4-5-7-13(12)26-10-15(23)24/h4-7,9H,3,8,10H2,1-2H3,(H,23,24)/b14-9+,19-18+. The average molecular weight is 419 g/mol. The Morgan fingerprint density at radius 2 is 2.14 bits per heavy atom. The monoisotopic (exact) mass is 418 g/mol. The van der Waals surface area contributed by atoms with E-state index in [4.69, 9.17) is 9.84 Å². The van der Waals surface area contributed by atoms with Gasteiger partial charge in [-0.2, -0.15) is 4.99 Å². The first-order valence-electron chi connectivity index (χ1n) is 8.51. The first-order chi connectivity index (χ1) is 13.5. The predicted molar refractivity (Wildman–Crippen MR) is 109 cm³/mol. The third kappa shape index (κ3) is 4.76. The number of thioether (sulfide) groups is 1. The Labute approximate surface area is 169 Å². The zero-order valence-electron chi connectivity index (χ0n) is 15.3. The molecule has 0 bridgehead atoms. The first-order valence-corrected chi connectivity index (χ1v) is 10.1. The van der Waals surface area contributed by atoms with E-state index in [-0.39, 0.29) is 5.91 Å². The molecule has 0 radical (unpaired) electrons. The molecule has 0 unspecified atom stereocenters. The van der Waals surface area contributed by atoms with E-state index in [0.717, 1.165) is 11.4 Å². The van der Waals surface area contributed by atoms with Gasteiger partial charge in [0.05, 0.1) is 4.91 Å². The summed E-state index contributed by atoms with van der Waals surface area (Å²) in [5.74, 6) is -0.817. The highest BCUT2D eigenvalue weighted by Gasteiger charge is 2.33. The molecule has 2 heterocycles. The topological polar surface area (TPSA) is 105 Å². The Bertz CT molecular complexity index is 955. The fourth-order valence-electron chi connectivity index (χ4n) is 2.44. The van der Waals surface area contributed by atoms with Crippen LogP contribution in [-0.4, -0.2) is 50.4 Å². The zero-order valence-corrected chi connectivity index (χ0v) is 16.9. The van der Waals surface area contributed by atoms with E-state index in [1.165, 1.54) is 23.1 Å². The van der Waals surface area contributed by atoms with Crippen molar-refractivity contribution in [3.05, 3.63) is 39.7 Å². The molecule has 1 aromatic heterocycles. The van der Waals surface area contributed by atoms with Crippen LogP contribution < -0.4 is 4.74 Å². The first kappa shape index (κ1) is 20.0. The smallest absolute Gasteiger partial charge is 0.341 e.